The number of rotatable bonds is 6. The maximum Gasteiger partial charge on any atom is 0.490 e. The van der Waals surface area contributed by atoms with Gasteiger partial charge in [-0.15, -0.1) is 0 Å². The lowest BCUT2D eigenvalue weighted by Crippen LogP contribution is -2.46. The first-order valence-electron chi connectivity index (χ1n) is 11.9. The number of hydrogen-bond acceptors (Lipinski definition) is 7. The molecule has 1 aliphatic heterocycles. The van der Waals surface area contributed by atoms with E-state index in [0.717, 1.165) is 67.7 Å². The van der Waals surface area contributed by atoms with Crippen molar-refractivity contribution in [3.63, 3.8) is 0 Å². The average Bonchev–Trinajstić information content (AvgIpc) is 3.56. The topological polar surface area (TPSA) is 101 Å². The van der Waals surface area contributed by atoms with E-state index in [1.54, 1.807) is 7.11 Å². The summed E-state index contributed by atoms with van der Waals surface area (Å²) in [5.41, 5.74) is 4.31. The van der Waals surface area contributed by atoms with Crippen LogP contribution in [-0.4, -0.2) is 79.6 Å². The number of ether oxygens (including phenoxy) is 1. The first-order valence-corrected chi connectivity index (χ1v) is 11.9. The summed E-state index contributed by atoms with van der Waals surface area (Å²) < 4.78 is 41.1. The third-order valence-corrected chi connectivity index (χ3v) is 6.13. The summed E-state index contributed by atoms with van der Waals surface area (Å²) in [6.45, 7) is 7.80. The number of aliphatic carboxylic acids is 1. The highest BCUT2D eigenvalue weighted by Gasteiger charge is 2.38. The quantitative estimate of drug-likeness (QED) is 0.403. The summed E-state index contributed by atoms with van der Waals surface area (Å²) in [6, 6.07) is 8.06. The number of alkyl halides is 3. The molecule has 3 aromatic heterocycles. The molecule has 0 aliphatic carbocycles. The van der Waals surface area contributed by atoms with Crippen molar-refractivity contribution in [2.24, 2.45) is 0 Å². The molecule has 0 spiro atoms. The summed E-state index contributed by atoms with van der Waals surface area (Å²) in [5.74, 6) is -0.965. The molecule has 202 valence electrons. The Morgan fingerprint density at radius 3 is 2.34 bits per heavy atom. The van der Waals surface area contributed by atoms with E-state index in [2.05, 4.69) is 49.5 Å². The minimum atomic E-state index is -5.08. The van der Waals surface area contributed by atoms with Crippen molar-refractivity contribution in [2.75, 3.05) is 38.2 Å². The predicted octanol–water partition coefficient (Wildman–Crippen LogP) is 3.58. The number of piperazine rings is 1. The van der Waals surface area contributed by atoms with E-state index in [0.29, 0.717) is 0 Å². The molecule has 1 saturated heterocycles. The molecule has 4 heterocycles. The van der Waals surface area contributed by atoms with Gasteiger partial charge >= 0.3 is 12.1 Å². The van der Waals surface area contributed by atoms with Gasteiger partial charge in [0.25, 0.3) is 0 Å². The summed E-state index contributed by atoms with van der Waals surface area (Å²) in [6.07, 6.45) is 4.79. The van der Waals surface area contributed by atoms with E-state index in [-0.39, 0.29) is 0 Å². The molecule has 0 atom stereocenters. The lowest BCUT2D eigenvalue weighted by molar-refractivity contribution is -0.192. The van der Waals surface area contributed by atoms with Gasteiger partial charge in [0, 0.05) is 69.0 Å². The Hall–Kier alpha value is -4.13. The lowest BCUT2D eigenvalue weighted by Gasteiger charge is -2.35. The van der Waals surface area contributed by atoms with Crippen molar-refractivity contribution < 1.29 is 27.8 Å². The summed E-state index contributed by atoms with van der Waals surface area (Å²) in [4.78, 5) is 23.1. The van der Waals surface area contributed by atoms with Gasteiger partial charge in [-0.05, 0) is 31.2 Å². The Bertz CT molecular complexity index is 1360. The van der Waals surface area contributed by atoms with Gasteiger partial charge in [-0.2, -0.15) is 18.3 Å². The first-order chi connectivity index (χ1) is 18.2. The number of carboxylic acids is 1. The Kier molecular flexibility index (Phi) is 8.15. The van der Waals surface area contributed by atoms with Crippen LogP contribution in [-0.2, 0) is 17.9 Å². The number of aromatic nitrogens is 5. The third kappa shape index (κ3) is 6.22. The highest BCUT2D eigenvalue weighted by Crippen LogP contribution is 2.27. The van der Waals surface area contributed by atoms with E-state index in [9.17, 15) is 13.2 Å². The molecule has 1 fully saturated rings. The Labute approximate surface area is 216 Å². The molecular formula is C25H28F3N7O3. The standard InChI is InChI=1S/C23H27N7O.C2HF3O2/c1-3-29-17-18(14-26-29)16-27-10-12-28(13-11-27)22-23-25-15-21(30(23)9-8-24-22)19-4-6-20(31-2)7-5-19;3-2(4,5)1(6)7/h4-9,14-15,17H,3,10-13,16H2,1-2H3;(H,6,7). The molecule has 10 nitrogen and oxygen atoms in total. The van der Waals surface area contributed by atoms with Crippen LogP contribution < -0.4 is 9.64 Å². The monoisotopic (exact) mass is 531 g/mol. The van der Waals surface area contributed by atoms with E-state index < -0.39 is 12.1 Å². The number of halogens is 3. The zero-order chi connectivity index (χ0) is 27.3. The Morgan fingerprint density at radius 2 is 1.76 bits per heavy atom. The SMILES string of the molecule is CCn1cc(CN2CCN(c3nccn4c(-c5ccc(OC)cc5)cnc34)CC2)cn1.O=C(O)C(F)(F)F. The van der Waals surface area contributed by atoms with E-state index in [4.69, 9.17) is 19.6 Å². The van der Waals surface area contributed by atoms with Gasteiger partial charge in [-0.3, -0.25) is 14.0 Å². The molecule has 38 heavy (non-hydrogen) atoms. The van der Waals surface area contributed by atoms with Gasteiger partial charge in [-0.1, -0.05) is 0 Å². The highest BCUT2D eigenvalue weighted by molar-refractivity contribution is 5.73. The van der Waals surface area contributed by atoms with E-state index in [1.807, 2.05) is 41.6 Å². The predicted molar refractivity (Wildman–Crippen MR) is 134 cm³/mol. The number of carboxylic acid groups (broad SMARTS) is 1. The molecule has 0 saturated carbocycles. The Morgan fingerprint density at radius 1 is 1.08 bits per heavy atom. The summed E-state index contributed by atoms with van der Waals surface area (Å²) in [7, 11) is 1.68. The van der Waals surface area contributed by atoms with Crippen molar-refractivity contribution in [1.29, 1.82) is 0 Å². The highest BCUT2D eigenvalue weighted by atomic mass is 19.4. The number of aryl methyl sites for hydroxylation is 1. The number of anilines is 1. The second-order valence-corrected chi connectivity index (χ2v) is 8.59. The number of hydrogen-bond donors (Lipinski definition) is 1. The minimum Gasteiger partial charge on any atom is -0.497 e. The first kappa shape index (κ1) is 26.9. The fourth-order valence-corrected chi connectivity index (χ4v) is 4.14. The molecule has 0 amide bonds. The van der Waals surface area contributed by atoms with Crippen molar-refractivity contribution in [3.05, 3.63) is 60.8 Å². The molecule has 0 radical (unpaired) electrons. The molecule has 1 aliphatic rings. The zero-order valence-corrected chi connectivity index (χ0v) is 21.0. The molecule has 0 unspecified atom stereocenters. The van der Waals surface area contributed by atoms with Crippen LogP contribution in [0.2, 0.25) is 0 Å². The van der Waals surface area contributed by atoms with Crippen LogP contribution in [0.15, 0.2) is 55.2 Å². The van der Waals surface area contributed by atoms with Gasteiger partial charge in [-0.25, -0.2) is 14.8 Å². The maximum absolute atomic E-state index is 10.6. The fourth-order valence-electron chi connectivity index (χ4n) is 4.14. The number of benzene rings is 1. The number of methoxy groups -OCH3 is 1. The molecule has 1 N–H and O–H groups in total. The van der Waals surface area contributed by atoms with Gasteiger partial charge in [0.05, 0.1) is 25.2 Å². The van der Waals surface area contributed by atoms with Crippen LogP contribution in [0.3, 0.4) is 0 Å². The van der Waals surface area contributed by atoms with Gasteiger partial charge in [0.1, 0.15) is 5.75 Å². The van der Waals surface area contributed by atoms with Gasteiger partial charge < -0.3 is 14.7 Å². The van der Waals surface area contributed by atoms with Crippen LogP contribution in [0.25, 0.3) is 16.9 Å². The van der Waals surface area contributed by atoms with E-state index in [1.165, 1.54) is 5.56 Å². The molecule has 0 bridgehead atoms. The molecule has 1 aromatic carbocycles. The van der Waals surface area contributed by atoms with Crippen LogP contribution in [0.1, 0.15) is 12.5 Å². The van der Waals surface area contributed by atoms with Crippen LogP contribution in [0, 0.1) is 0 Å². The smallest absolute Gasteiger partial charge is 0.490 e. The largest absolute Gasteiger partial charge is 0.497 e. The Balaban J connectivity index is 0.000000426. The van der Waals surface area contributed by atoms with Crippen LogP contribution in [0.4, 0.5) is 19.0 Å². The zero-order valence-electron chi connectivity index (χ0n) is 21.0. The van der Waals surface area contributed by atoms with Crippen molar-refractivity contribution in [3.8, 4) is 17.0 Å². The molecule has 4 aromatic rings. The molecule has 13 heteroatoms. The number of nitrogens with zero attached hydrogens (tertiary/aromatic N) is 7. The van der Waals surface area contributed by atoms with Crippen molar-refractivity contribution in [2.45, 2.75) is 26.2 Å². The lowest BCUT2D eigenvalue weighted by atomic mass is 10.1. The van der Waals surface area contributed by atoms with Gasteiger partial charge in [0.2, 0.25) is 0 Å². The van der Waals surface area contributed by atoms with Crippen LogP contribution in [0.5, 0.6) is 5.75 Å². The molecule has 5 rings (SSSR count). The average molecular weight is 532 g/mol. The van der Waals surface area contributed by atoms with E-state index >= 15 is 0 Å². The maximum atomic E-state index is 10.6. The van der Waals surface area contributed by atoms with Crippen LogP contribution >= 0.6 is 0 Å². The second-order valence-electron chi connectivity index (χ2n) is 8.59. The fraction of sp³-hybridized carbons (Fsp3) is 0.360. The summed E-state index contributed by atoms with van der Waals surface area (Å²) in [5, 5.41) is 11.5. The summed E-state index contributed by atoms with van der Waals surface area (Å²) >= 11 is 0. The van der Waals surface area contributed by atoms with Gasteiger partial charge in [0.15, 0.2) is 11.5 Å². The molecular weight excluding hydrogens is 503 g/mol. The number of fused-ring (bicyclic) bond motifs is 1. The number of carbonyl (C=O) groups is 1. The third-order valence-electron chi connectivity index (χ3n) is 6.13. The normalized spacial score (nSPS) is 14.3. The van der Waals surface area contributed by atoms with Crippen molar-refractivity contribution in [1.82, 2.24) is 29.0 Å². The number of imidazole rings is 1. The second kappa shape index (κ2) is 11.5. The van der Waals surface area contributed by atoms with Crippen molar-refractivity contribution >= 4 is 17.4 Å². The minimum absolute atomic E-state index is 0.847.